The fourth-order valence-corrected chi connectivity index (χ4v) is 4.44. The van der Waals surface area contributed by atoms with E-state index in [1.807, 2.05) is 12.1 Å². The molecule has 1 aromatic heterocycles. The zero-order valence-corrected chi connectivity index (χ0v) is 16.6. The van der Waals surface area contributed by atoms with Gasteiger partial charge in [0.25, 0.3) is 0 Å². The minimum atomic E-state index is -0.645. The zero-order valence-electron chi connectivity index (χ0n) is 16.6. The molecule has 1 aliphatic rings. The van der Waals surface area contributed by atoms with Gasteiger partial charge in [-0.2, -0.15) is 0 Å². The summed E-state index contributed by atoms with van der Waals surface area (Å²) in [6, 6.07) is 12.2. The number of aliphatic hydroxyl groups is 1. The molecule has 1 aliphatic carbocycles. The highest BCUT2D eigenvalue weighted by molar-refractivity contribution is 5.87. The SMILES string of the molecule is CCc1cc2c(cc1CC)CC(NC[C@H](O)c1ccc(O)c3ncccc13)C2. The fraction of sp³-hybridized carbons (Fsp3) is 0.375. The number of nitrogens with one attached hydrogen (secondary N) is 1. The van der Waals surface area contributed by atoms with Gasteiger partial charge < -0.3 is 15.5 Å². The van der Waals surface area contributed by atoms with Gasteiger partial charge in [0.15, 0.2) is 0 Å². The highest BCUT2D eigenvalue weighted by Crippen LogP contribution is 2.30. The predicted molar refractivity (Wildman–Crippen MR) is 113 cm³/mol. The molecule has 1 heterocycles. The molecule has 0 saturated carbocycles. The van der Waals surface area contributed by atoms with Gasteiger partial charge in [-0.05, 0) is 65.6 Å². The predicted octanol–water partition coefficient (Wildman–Crippen LogP) is 3.86. The second-order valence-corrected chi connectivity index (χ2v) is 7.70. The second kappa shape index (κ2) is 7.90. The summed E-state index contributed by atoms with van der Waals surface area (Å²) in [6.45, 7) is 4.92. The molecule has 0 bridgehead atoms. The summed E-state index contributed by atoms with van der Waals surface area (Å²) in [5.41, 5.74) is 7.15. The lowest BCUT2D eigenvalue weighted by Crippen LogP contribution is -2.33. The number of fused-ring (bicyclic) bond motifs is 2. The summed E-state index contributed by atoms with van der Waals surface area (Å²) in [4.78, 5) is 4.24. The van der Waals surface area contributed by atoms with E-state index < -0.39 is 6.10 Å². The number of aromatic hydroxyl groups is 1. The second-order valence-electron chi connectivity index (χ2n) is 7.70. The number of hydrogen-bond donors (Lipinski definition) is 3. The summed E-state index contributed by atoms with van der Waals surface area (Å²) in [5.74, 6) is 0.143. The standard InChI is InChI=1S/C24H28N2O2/c1-3-15-10-17-12-19(13-18(17)11-16(15)4-2)26-14-23(28)20-7-8-22(27)24-21(20)6-5-9-25-24/h5-11,19,23,26-28H,3-4,12-14H2,1-2H3/t23-/m0/s1. The molecule has 3 N–H and O–H groups in total. The van der Waals surface area contributed by atoms with Gasteiger partial charge in [0, 0.05) is 24.2 Å². The first kappa shape index (κ1) is 18.9. The first-order valence-corrected chi connectivity index (χ1v) is 10.2. The Morgan fingerprint density at radius 3 is 2.39 bits per heavy atom. The maximum absolute atomic E-state index is 10.8. The average Bonchev–Trinajstić information content (AvgIpc) is 3.13. The first-order chi connectivity index (χ1) is 13.6. The molecule has 0 radical (unpaired) electrons. The van der Waals surface area contributed by atoms with Gasteiger partial charge in [0.2, 0.25) is 0 Å². The van der Waals surface area contributed by atoms with Crippen LogP contribution in [-0.4, -0.2) is 27.8 Å². The first-order valence-electron chi connectivity index (χ1n) is 10.2. The van der Waals surface area contributed by atoms with E-state index in [0.717, 1.165) is 36.6 Å². The molecule has 4 nitrogen and oxygen atoms in total. The summed E-state index contributed by atoms with van der Waals surface area (Å²) in [7, 11) is 0. The Hall–Kier alpha value is -2.43. The van der Waals surface area contributed by atoms with Crippen molar-refractivity contribution in [2.45, 2.75) is 51.7 Å². The van der Waals surface area contributed by atoms with Crippen LogP contribution in [0.15, 0.2) is 42.6 Å². The van der Waals surface area contributed by atoms with Crippen molar-refractivity contribution >= 4 is 10.9 Å². The lowest BCUT2D eigenvalue weighted by molar-refractivity contribution is 0.171. The summed E-state index contributed by atoms with van der Waals surface area (Å²) in [5, 5.41) is 25.1. The molecule has 0 saturated heterocycles. The van der Waals surface area contributed by atoms with E-state index in [4.69, 9.17) is 0 Å². The summed E-state index contributed by atoms with van der Waals surface area (Å²) >= 11 is 0. The van der Waals surface area contributed by atoms with Crippen LogP contribution in [0.25, 0.3) is 10.9 Å². The number of hydrogen-bond acceptors (Lipinski definition) is 4. The molecule has 0 fully saturated rings. The fourth-order valence-electron chi connectivity index (χ4n) is 4.44. The smallest absolute Gasteiger partial charge is 0.141 e. The van der Waals surface area contributed by atoms with E-state index in [1.165, 1.54) is 22.3 Å². The third-order valence-corrected chi connectivity index (χ3v) is 5.96. The van der Waals surface area contributed by atoms with E-state index >= 15 is 0 Å². The number of nitrogens with zero attached hydrogens (tertiary/aromatic N) is 1. The monoisotopic (exact) mass is 376 g/mol. The summed E-state index contributed by atoms with van der Waals surface area (Å²) in [6.07, 6.45) is 5.19. The molecule has 4 heteroatoms. The number of phenolic OH excluding ortho intramolecular Hbond substituents is 1. The van der Waals surface area contributed by atoms with Crippen LogP contribution in [0, 0.1) is 0 Å². The number of aliphatic hydroxyl groups excluding tert-OH is 1. The molecular weight excluding hydrogens is 348 g/mol. The number of aryl methyl sites for hydroxylation is 2. The van der Waals surface area contributed by atoms with Gasteiger partial charge in [-0.3, -0.25) is 4.98 Å². The minimum Gasteiger partial charge on any atom is -0.506 e. The van der Waals surface area contributed by atoms with Crippen LogP contribution in [0.1, 0.15) is 47.8 Å². The maximum atomic E-state index is 10.8. The van der Waals surface area contributed by atoms with Gasteiger partial charge in [-0.25, -0.2) is 0 Å². The Morgan fingerprint density at radius 1 is 1.07 bits per heavy atom. The van der Waals surface area contributed by atoms with Crippen LogP contribution in [-0.2, 0) is 25.7 Å². The number of phenols is 1. The van der Waals surface area contributed by atoms with Crippen molar-refractivity contribution in [3.05, 3.63) is 70.4 Å². The molecule has 0 spiro atoms. The molecule has 0 aliphatic heterocycles. The maximum Gasteiger partial charge on any atom is 0.141 e. The molecule has 0 amide bonds. The van der Waals surface area contributed by atoms with Crippen molar-refractivity contribution in [3.8, 4) is 5.75 Å². The van der Waals surface area contributed by atoms with Gasteiger partial charge in [0.05, 0.1) is 6.10 Å². The molecular formula is C24H28N2O2. The third kappa shape index (κ3) is 3.50. The van der Waals surface area contributed by atoms with E-state index in [9.17, 15) is 10.2 Å². The topological polar surface area (TPSA) is 65.4 Å². The van der Waals surface area contributed by atoms with Crippen LogP contribution in [0.2, 0.25) is 0 Å². The molecule has 1 atom stereocenters. The Morgan fingerprint density at radius 2 is 1.75 bits per heavy atom. The van der Waals surface area contributed by atoms with E-state index in [-0.39, 0.29) is 5.75 Å². The van der Waals surface area contributed by atoms with Crippen LogP contribution in [0.5, 0.6) is 5.75 Å². The van der Waals surface area contributed by atoms with Crippen molar-refractivity contribution in [3.63, 3.8) is 0 Å². The van der Waals surface area contributed by atoms with E-state index in [2.05, 4.69) is 36.3 Å². The Bertz CT molecular complexity index is 966. The number of aromatic nitrogens is 1. The number of pyridine rings is 1. The average molecular weight is 377 g/mol. The quantitative estimate of drug-likeness (QED) is 0.611. The van der Waals surface area contributed by atoms with E-state index in [1.54, 1.807) is 18.3 Å². The van der Waals surface area contributed by atoms with Crippen molar-refractivity contribution < 1.29 is 10.2 Å². The summed E-state index contributed by atoms with van der Waals surface area (Å²) < 4.78 is 0. The molecule has 4 rings (SSSR count). The van der Waals surface area contributed by atoms with Gasteiger partial charge >= 0.3 is 0 Å². The van der Waals surface area contributed by atoms with Crippen molar-refractivity contribution in [2.24, 2.45) is 0 Å². The highest BCUT2D eigenvalue weighted by atomic mass is 16.3. The van der Waals surface area contributed by atoms with Crippen molar-refractivity contribution in [2.75, 3.05) is 6.54 Å². The van der Waals surface area contributed by atoms with Crippen molar-refractivity contribution in [1.29, 1.82) is 0 Å². The zero-order chi connectivity index (χ0) is 19.7. The molecule has 2 aromatic carbocycles. The largest absolute Gasteiger partial charge is 0.506 e. The van der Waals surface area contributed by atoms with Gasteiger partial charge in [-0.15, -0.1) is 0 Å². The lowest BCUT2D eigenvalue weighted by Gasteiger charge is -2.18. The van der Waals surface area contributed by atoms with E-state index in [0.29, 0.717) is 18.1 Å². The normalized spacial score (nSPS) is 15.1. The molecule has 28 heavy (non-hydrogen) atoms. The Balaban J connectivity index is 1.46. The van der Waals surface area contributed by atoms with Crippen LogP contribution in [0.4, 0.5) is 0 Å². The number of rotatable bonds is 6. The molecule has 146 valence electrons. The highest BCUT2D eigenvalue weighted by Gasteiger charge is 2.23. The Kier molecular flexibility index (Phi) is 5.33. The van der Waals surface area contributed by atoms with Crippen LogP contribution < -0.4 is 5.32 Å². The minimum absolute atomic E-state index is 0.143. The van der Waals surface area contributed by atoms with Crippen LogP contribution in [0.3, 0.4) is 0 Å². The third-order valence-electron chi connectivity index (χ3n) is 5.96. The molecule has 3 aromatic rings. The Labute approximate surface area is 166 Å². The van der Waals surface area contributed by atoms with Gasteiger partial charge in [0.1, 0.15) is 11.3 Å². The van der Waals surface area contributed by atoms with Gasteiger partial charge in [-0.1, -0.05) is 38.1 Å². The molecule has 0 unspecified atom stereocenters. The number of benzene rings is 2. The lowest BCUT2D eigenvalue weighted by atomic mass is 9.97. The van der Waals surface area contributed by atoms with Crippen molar-refractivity contribution in [1.82, 2.24) is 10.3 Å². The van der Waals surface area contributed by atoms with Crippen LogP contribution >= 0.6 is 0 Å².